The largest absolute Gasteiger partial charge is 0.366 e. The molecule has 1 aromatic rings. The van der Waals surface area contributed by atoms with Crippen LogP contribution in [0.25, 0.3) is 0 Å². The highest BCUT2D eigenvalue weighted by Gasteiger charge is 2.22. The van der Waals surface area contributed by atoms with E-state index in [0.29, 0.717) is 0 Å². The van der Waals surface area contributed by atoms with E-state index < -0.39 is 0 Å². The van der Waals surface area contributed by atoms with Crippen LogP contribution in [-0.4, -0.2) is 54.0 Å². The molecule has 1 aliphatic rings. The fourth-order valence-electron chi connectivity index (χ4n) is 2.03. The first-order valence-electron chi connectivity index (χ1n) is 6.03. The van der Waals surface area contributed by atoms with Crippen molar-refractivity contribution in [1.82, 2.24) is 15.1 Å². The summed E-state index contributed by atoms with van der Waals surface area (Å²) in [6, 6.07) is 9.40. The van der Waals surface area contributed by atoms with E-state index in [1.807, 2.05) is 42.3 Å². The van der Waals surface area contributed by atoms with E-state index in [9.17, 15) is 4.79 Å². The summed E-state index contributed by atoms with van der Waals surface area (Å²) in [7, 11) is 1.82. The van der Waals surface area contributed by atoms with Crippen LogP contribution in [0, 0.1) is 0 Å². The van der Waals surface area contributed by atoms with Crippen molar-refractivity contribution in [2.75, 3.05) is 33.2 Å². The van der Waals surface area contributed by atoms with Crippen LogP contribution in [0.5, 0.6) is 0 Å². The Labute approximate surface area is 113 Å². The molecule has 96 valence electrons. The van der Waals surface area contributed by atoms with Crippen molar-refractivity contribution < 1.29 is 4.79 Å². The fraction of sp³-hybridized carbons (Fsp3) is 0.385. The maximum Gasteiger partial charge on any atom is 0.253 e. The second-order valence-corrected chi connectivity index (χ2v) is 4.59. The molecule has 5 heteroatoms. The summed E-state index contributed by atoms with van der Waals surface area (Å²) < 4.78 is 0. The highest BCUT2D eigenvalue weighted by molar-refractivity contribution is 7.80. The number of nitrogens with zero attached hydrogens (tertiary/aromatic N) is 2. The second kappa shape index (κ2) is 5.82. The van der Waals surface area contributed by atoms with E-state index >= 15 is 0 Å². The van der Waals surface area contributed by atoms with Crippen LogP contribution in [0.1, 0.15) is 10.4 Å². The Hall–Kier alpha value is -1.62. The smallest absolute Gasteiger partial charge is 0.253 e. The molecule has 18 heavy (non-hydrogen) atoms. The fourth-order valence-corrected chi connectivity index (χ4v) is 2.22. The standard InChI is InChI=1S/C13H17N3OS/c1-14-13(18)16-9-7-15(8-10-16)12(17)11-5-3-2-4-6-11/h2-6H,7-10H2,1H3,(H,14,18). The molecule has 1 aliphatic heterocycles. The third kappa shape index (κ3) is 2.79. The first-order valence-corrected chi connectivity index (χ1v) is 6.44. The number of amides is 1. The van der Waals surface area contributed by atoms with Gasteiger partial charge in [-0.1, -0.05) is 18.2 Å². The highest BCUT2D eigenvalue weighted by atomic mass is 32.1. The predicted molar refractivity (Wildman–Crippen MR) is 75.6 cm³/mol. The average molecular weight is 263 g/mol. The van der Waals surface area contributed by atoms with Crippen molar-refractivity contribution in [2.45, 2.75) is 0 Å². The van der Waals surface area contributed by atoms with E-state index in [0.717, 1.165) is 36.9 Å². The van der Waals surface area contributed by atoms with Crippen LogP contribution in [0.15, 0.2) is 30.3 Å². The normalized spacial score (nSPS) is 15.4. The molecule has 0 spiro atoms. The molecule has 0 atom stereocenters. The molecule has 1 heterocycles. The van der Waals surface area contributed by atoms with Gasteiger partial charge in [0.25, 0.3) is 5.91 Å². The number of rotatable bonds is 1. The number of carbonyl (C=O) groups excluding carboxylic acids is 1. The number of thiocarbonyl (C=S) groups is 1. The van der Waals surface area contributed by atoms with E-state index in [2.05, 4.69) is 10.2 Å². The summed E-state index contributed by atoms with van der Waals surface area (Å²) in [6.45, 7) is 3.02. The monoisotopic (exact) mass is 263 g/mol. The van der Waals surface area contributed by atoms with Gasteiger partial charge in [-0.25, -0.2) is 0 Å². The minimum atomic E-state index is 0.102. The van der Waals surface area contributed by atoms with Gasteiger partial charge >= 0.3 is 0 Å². The lowest BCUT2D eigenvalue weighted by molar-refractivity contribution is 0.0691. The third-order valence-corrected chi connectivity index (χ3v) is 3.55. The van der Waals surface area contributed by atoms with Crippen molar-refractivity contribution in [3.8, 4) is 0 Å². The summed E-state index contributed by atoms with van der Waals surface area (Å²) in [4.78, 5) is 16.2. The zero-order chi connectivity index (χ0) is 13.0. The van der Waals surface area contributed by atoms with Crippen LogP contribution >= 0.6 is 12.2 Å². The third-order valence-electron chi connectivity index (χ3n) is 3.09. The number of nitrogens with one attached hydrogen (secondary N) is 1. The lowest BCUT2D eigenvalue weighted by Gasteiger charge is -2.35. The molecular formula is C13H17N3OS. The zero-order valence-electron chi connectivity index (χ0n) is 10.4. The van der Waals surface area contributed by atoms with Gasteiger partial charge in [0.05, 0.1) is 0 Å². The van der Waals surface area contributed by atoms with Gasteiger partial charge in [-0.2, -0.15) is 0 Å². The quantitative estimate of drug-likeness (QED) is 0.765. The molecule has 0 unspecified atom stereocenters. The SMILES string of the molecule is CNC(=S)N1CCN(C(=O)c2ccccc2)CC1. The van der Waals surface area contributed by atoms with Crippen LogP contribution < -0.4 is 5.32 Å². The molecule has 4 nitrogen and oxygen atoms in total. The molecule has 0 aromatic heterocycles. The molecule has 1 aromatic carbocycles. The summed E-state index contributed by atoms with van der Waals surface area (Å²) in [5.41, 5.74) is 0.752. The number of carbonyl (C=O) groups is 1. The topological polar surface area (TPSA) is 35.6 Å². The number of hydrogen-bond donors (Lipinski definition) is 1. The average Bonchev–Trinajstić information content (AvgIpc) is 2.47. The first-order chi connectivity index (χ1) is 8.72. The molecule has 0 bridgehead atoms. The van der Waals surface area contributed by atoms with Gasteiger partial charge in [-0.3, -0.25) is 4.79 Å². The lowest BCUT2D eigenvalue weighted by Crippen LogP contribution is -2.52. The van der Waals surface area contributed by atoms with Crippen molar-refractivity contribution in [2.24, 2.45) is 0 Å². The van der Waals surface area contributed by atoms with Crippen LogP contribution in [-0.2, 0) is 0 Å². The minimum Gasteiger partial charge on any atom is -0.366 e. The Balaban J connectivity index is 1.94. The van der Waals surface area contributed by atoms with E-state index in [4.69, 9.17) is 12.2 Å². The van der Waals surface area contributed by atoms with Gasteiger partial charge in [-0.05, 0) is 24.4 Å². The van der Waals surface area contributed by atoms with E-state index in [1.165, 1.54) is 0 Å². The molecule has 1 amide bonds. The number of benzene rings is 1. The van der Waals surface area contributed by atoms with Gasteiger partial charge in [0.15, 0.2) is 5.11 Å². The van der Waals surface area contributed by atoms with Crippen molar-refractivity contribution in [3.05, 3.63) is 35.9 Å². The van der Waals surface area contributed by atoms with Crippen molar-refractivity contribution in [3.63, 3.8) is 0 Å². The number of hydrogen-bond acceptors (Lipinski definition) is 2. The van der Waals surface area contributed by atoms with E-state index in [1.54, 1.807) is 0 Å². The van der Waals surface area contributed by atoms with Crippen molar-refractivity contribution in [1.29, 1.82) is 0 Å². The molecule has 2 rings (SSSR count). The molecule has 0 radical (unpaired) electrons. The Bertz CT molecular complexity index is 427. The number of piperazine rings is 1. The molecule has 1 saturated heterocycles. The predicted octanol–water partition coefficient (Wildman–Crippen LogP) is 0.949. The van der Waals surface area contributed by atoms with Gasteiger partial charge in [0.2, 0.25) is 0 Å². The van der Waals surface area contributed by atoms with E-state index in [-0.39, 0.29) is 5.91 Å². The Morgan fingerprint density at radius 2 is 1.67 bits per heavy atom. The van der Waals surface area contributed by atoms with Gasteiger partial charge < -0.3 is 15.1 Å². The Kier molecular flexibility index (Phi) is 4.15. The molecular weight excluding hydrogens is 246 g/mol. The zero-order valence-corrected chi connectivity index (χ0v) is 11.2. The first kappa shape index (κ1) is 12.8. The minimum absolute atomic E-state index is 0.102. The molecule has 0 aliphatic carbocycles. The van der Waals surface area contributed by atoms with Gasteiger partial charge in [0.1, 0.15) is 0 Å². The van der Waals surface area contributed by atoms with Gasteiger partial charge in [-0.15, -0.1) is 0 Å². The lowest BCUT2D eigenvalue weighted by atomic mass is 10.2. The van der Waals surface area contributed by atoms with Crippen LogP contribution in [0.3, 0.4) is 0 Å². The summed E-state index contributed by atoms with van der Waals surface area (Å²) in [5.74, 6) is 0.102. The summed E-state index contributed by atoms with van der Waals surface area (Å²) in [6.07, 6.45) is 0. The molecule has 0 saturated carbocycles. The molecule has 1 N–H and O–H groups in total. The second-order valence-electron chi connectivity index (χ2n) is 4.20. The van der Waals surface area contributed by atoms with Crippen LogP contribution in [0.4, 0.5) is 0 Å². The maximum atomic E-state index is 12.2. The summed E-state index contributed by atoms with van der Waals surface area (Å²) >= 11 is 5.18. The van der Waals surface area contributed by atoms with Crippen molar-refractivity contribution >= 4 is 23.2 Å². The van der Waals surface area contributed by atoms with Gasteiger partial charge in [0, 0.05) is 38.8 Å². The maximum absolute atomic E-state index is 12.2. The highest BCUT2D eigenvalue weighted by Crippen LogP contribution is 2.08. The molecule has 1 fully saturated rings. The Morgan fingerprint density at radius 1 is 1.11 bits per heavy atom. The van der Waals surface area contributed by atoms with Crippen LogP contribution in [0.2, 0.25) is 0 Å². The Morgan fingerprint density at radius 3 is 2.22 bits per heavy atom. The summed E-state index contributed by atoms with van der Waals surface area (Å²) in [5, 5.41) is 3.72.